The first-order valence-electron chi connectivity index (χ1n) is 10.1. The number of aryl methyl sites for hydroxylation is 1. The lowest BCUT2D eigenvalue weighted by atomic mass is 9.92. The van der Waals surface area contributed by atoms with Gasteiger partial charge in [-0.25, -0.2) is 9.97 Å². The Morgan fingerprint density at radius 3 is 2.41 bits per heavy atom. The molecule has 4 N–H and O–H groups in total. The molecule has 0 aliphatic heterocycles. The molecule has 0 aliphatic rings. The Labute approximate surface area is 188 Å². The minimum atomic E-state index is -3.46. The van der Waals surface area contributed by atoms with Gasteiger partial charge >= 0.3 is 5.92 Å². The molecule has 0 saturated heterocycles. The summed E-state index contributed by atoms with van der Waals surface area (Å²) in [5.41, 5.74) is 4.81. The third-order valence-electron chi connectivity index (χ3n) is 5.20. The average molecular weight is 462 g/mol. The number of methoxy groups -OCH3 is 1. The number of halogens is 2. The van der Waals surface area contributed by atoms with Gasteiger partial charge in [0.25, 0.3) is 0 Å². The zero-order valence-electron chi connectivity index (χ0n) is 19.1. The Morgan fingerprint density at radius 2 is 1.81 bits per heavy atom. The second-order valence-electron chi connectivity index (χ2n) is 8.51. The van der Waals surface area contributed by atoms with Gasteiger partial charge in [-0.05, 0) is 63.9 Å². The van der Waals surface area contributed by atoms with Crippen LogP contribution in [0.4, 0.5) is 20.3 Å². The number of aromatic nitrogens is 2. The van der Waals surface area contributed by atoms with E-state index in [1.54, 1.807) is 20.1 Å². The molecule has 0 aliphatic carbocycles. The maximum absolute atomic E-state index is 14.7. The third kappa shape index (κ3) is 4.76. The molecule has 0 atom stereocenters. The zero-order chi connectivity index (χ0) is 23.8. The molecule has 1 aromatic heterocycles. The smallest absolute Gasteiger partial charge is 0.300 e. The largest absolute Gasteiger partial charge is 0.496 e. The number of hydrogen-bond acceptors (Lipinski definition) is 6. The van der Waals surface area contributed by atoms with Crippen molar-refractivity contribution in [2.75, 3.05) is 31.5 Å². The Morgan fingerprint density at radius 1 is 1.12 bits per heavy atom. The van der Waals surface area contributed by atoms with Crippen molar-refractivity contribution in [1.29, 1.82) is 0 Å². The molecule has 172 valence electrons. The lowest BCUT2D eigenvalue weighted by Crippen LogP contribution is -2.40. The van der Waals surface area contributed by atoms with Crippen molar-refractivity contribution in [2.45, 2.75) is 38.8 Å². The second-order valence-corrected chi connectivity index (χ2v) is 10.8. The molecule has 0 fully saturated rings. The number of fused-ring (bicyclic) bond motifs is 1. The number of aliphatic hydroxyl groups is 1. The standard InChI is InChI=1S/C23H29F2N4O2P/c1-13-28-18-11-19(31-4)20(32(5)6)10-17(18)21(29-13)27-12-14-7-15(9-16(26)8-14)23(24,25)22(2,3)30/h7-11,30H,12,26H2,1-6H3,(H,27,28,29). The Balaban J connectivity index is 2.00. The topological polar surface area (TPSA) is 93.3 Å². The molecule has 3 rings (SSSR count). The molecule has 0 amide bonds. The fourth-order valence-electron chi connectivity index (χ4n) is 3.45. The normalized spacial score (nSPS) is 12.4. The van der Waals surface area contributed by atoms with Crippen molar-refractivity contribution in [3.63, 3.8) is 0 Å². The summed E-state index contributed by atoms with van der Waals surface area (Å²) in [6.45, 7) is 8.44. The first-order chi connectivity index (χ1) is 14.8. The van der Waals surface area contributed by atoms with Gasteiger partial charge in [0.1, 0.15) is 23.0 Å². The van der Waals surface area contributed by atoms with Crippen LogP contribution in [0.15, 0.2) is 30.3 Å². The highest BCUT2D eigenvalue weighted by Gasteiger charge is 2.47. The molecule has 9 heteroatoms. The summed E-state index contributed by atoms with van der Waals surface area (Å²) in [6.07, 6.45) is 0. The van der Waals surface area contributed by atoms with E-state index in [-0.39, 0.29) is 17.8 Å². The molecular formula is C23H29F2N4O2P. The van der Waals surface area contributed by atoms with E-state index in [1.807, 2.05) is 12.1 Å². The summed E-state index contributed by atoms with van der Waals surface area (Å²) in [7, 11) is 1.20. The fourth-order valence-corrected chi connectivity index (χ4v) is 4.43. The van der Waals surface area contributed by atoms with Crippen LogP contribution in [0.2, 0.25) is 0 Å². The van der Waals surface area contributed by atoms with E-state index in [1.165, 1.54) is 12.1 Å². The van der Waals surface area contributed by atoms with Gasteiger partial charge in [0.15, 0.2) is 0 Å². The summed E-state index contributed by atoms with van der Waals surface area (Å²) in [5, 5.41) is 15.1. The average Bonchev–Trinajstić information content (AvgIpc) is 2.69. The van der Waals surface area contributed by atoms with Gasteiger partial charge in [-0.3, -0.25) is 0 Å². The van der Waals surface area contributed by atoms with Gasteiger partial charge in [0, 0.05) is 34.6 Å². The number of rotatable bonds is 7. The van der Waals surface area contributed by atoms with Crippen LogP contribution in [0.5, 0.6) is 5.75 Å². The summed E-state index contributed by atoms with van der Waals surface area (Å²) in [4.78, 5) is 9.05. The van der Waals surface area contributed by atoms with E-state index in [2.05, 4.69) is 28.6 Å². The molecule has 6 nitrogen and oxygen atoms in total. The number of anilines is 2. The number of nitrogen functional groups attached to an aromatic ring is 1. The zero-order valence-corrected chi connectivity index (χ0v) is 20.0. The number of hydrogen-bond donors (Lipinski definition) is 3. The predicted octanol–water partition coefficient (Wildman–Crippen LogP) is 4.37. The van der Waals surface area contributed by atoms with Gasteiger partial charge in [-0.1, -0.05) is 7.92 Å². The number of alkyl halides is 2. The van der Waals surface area contributed by atoms with E-state index >= 15 is 0 Å². The monoisotopic (exact) mass is 462 g/mol. The van der Waals surface area contributed by atoms with Crippen molar-refractivity contribution in [2.24, 2.45) is 0 Å². The molecule has 0 radical (unpaired) electrons. The fraction of sp³-hybridized carbons (Fsp3) is 0.391. The van der Waals surface area contributed by atoms with Crippen molar-refractivity contribution in [3.05, 3.63) is 47.3 Å². The van der Waals surface area contributed by atoms with Crippen LogP contribution in [0.25, 0.3) is 10.9 Å². The van der Waals surface area contributed by atoms with E-state index in [4.69, 9.17) is 10.5 Å². The van der Waals surface area contributed by atoms with Crippen molar-refractivity contribution in [1.82, 2.24) is 9.97 Å². The van der Waals surface area contributed by atoms with Gasteiger partial charge in [0.2, 0.25) is 0 Å². The third-order valence-corrected chi connectivity index (χ3v) is 6.51. The van der Waals surface area contributed by atoms with E-state index in [0.29, 0.717) is 17.2 Å². The van der Waals surface area contributed by atoms with Gasteiger partial charge in [0.05, 0.1) is 12.6 Å². The lowest BCUT2D eigenvalue weighted by Gasteiger charge is -2.29. The highest BCUT2D eigenvalue weighted by Crippen LogP contribution is 2.40. The summed E-state index contributed by atoms with van der Waals surface area (Å²) in [6, 6.07) is 8.08. The number of nitrogens with two attached hydrogens (primary N) is 1. The van der Waals surface area contributed by atoms with Crippen LogP contribution in [-0.4, -0.2) is 41.1 Å². The van der Waals surface area contributed by atoms with Crippen LogP contribution in [0, 0.1) is 6.92 Å². The van der Waals surface area contributed by atoms with Gasteiger partial charge in [-0.15, -0.1) is 0 Å². The van der Waals surface area contributed by atoms with Crippen LogP contribution in [0.3, 0.4) is 0 Å². The lowest BCUT2D eigenvalue weighted by molar-refractivity contribution is -0.168. The van der Waals surface area contributed by atoms with Crippen LogP contribution in [0.1, 0.15) is 30.8 Å². The van der Waals surface area contributed by atoms with Gasteiger partial charge < -0.3 is 20.9 Å². The highest BCUT2D eigenvalue weighted by molar-refractivity contribution is 7.64. The molecular weight excluding hydrogens is 433 g/mol. The molecule has 0 unspecified atom stereocenters. The van der Waals surface area contributed by atoms with E-state index in [0.717, 1.165) is 35.8 Å². The second kappa shape index (κ2) is 8.75. The first-order valence-corrected chi connectivity index (χ1v) is 12.3. The number of nitrogens with one attached hydrogen (secondary N) is 1. The maximum atomic E-state index is 14.7. The Kier molecular flexibility index (Phi) is 6.59. The van der Waals surface area contributed by atoms with Crippen LogP contribution < -0.4 is 21.1 Å². The number of ether oxygens (including phenoxy) is 1. The van der Waals surface area contributed by atoms with Crippen molar-refractivity contribution >= 4 is 35.6 Å². The molecule has 0 spiro atoms. The molecule has 2 aromatic carbocycles. The summed E-state index contributed by atoms with van der Waals surface area (Å²) >= 11 is 0. The Bertz CT molecular complexity index is 1150. The van der Waals surface area contributed by atoms with E-state index < -0.39 is 19.4 Å². The number of benzene rings is 2. The molecule has 0 bridgehead atoms. The van der Waals surface area contributed by atoms with Crippen LogP contribution in [-0.2, 0) is 12.5 Å². The van der Waals surface area contributed by atoms with Gasteiger partial charge in [-0.2, -0.15) is 8.78 Å². The minimum Gasteiger partial charge on any atom is -0.496 e. The number of nitrogens with zero attached hydrogens (tertiary/aromatic N) is 2. The Hall–Kier alpha value is -2.57. The highest BCUT2D eigenvalue weighted by atomic mass is 31.1. The quantitative estimate of drug-likeness (QED) is 0.357. The molecule has 0 saturated carbocycles. The summed E-state index contributed by atoms with van der Waals surface area (Å²) < 4.78 is 34.9. The predicted molar refractivity (Wildman–Crippen MR) is 128 cm³/mol. The SMILES string of the molecule is COc1cc2nc(C)nc(NCc3cc(N)cc(C(F)(F)C(C)(C)O)c3)c2cc1P(C)C. The van der Waals surface area contributed by atoms with Crippen LogP contribution >= 0.6 is 7.92 Å². The molecule has 1 heterocycles. The summed E-state index contributed by atoms with van der Waals surface area (Å²) in [5.74, 6) is -1.49. The molecule has 32 heavy (non-hydrogen) atoms. The first kappa shape index (κ1) is 24.1. The maximum Gasteiger partial charge on any atom is 0.300 e. The van der Waals surface area contributed by atoms with Crippen molar-refractivity contribution < 1.29 is 18.6 Å². The van der Waals surface area contributed by atoms with Crippen molar-refractivity contribution in [3.8, 4) is 5.75 Å². The van der Waals surface area contributed by atoms with E-state index in [9.17, 15) is 13.9 Å². The molecule has 3 aromatic rings. The minimum absolute atomic E-state index is 0.196.